The van der Waals surface area contributed by atoms with Gasteiger partial charge in [0.15, 0.2) is 0 Å². The lowest BCUT2D eigenvalue weighted by Crippen LogP contribution is -1.91. The van der Waals surface area contributed by atoms with Crippen LogP contribution in [0.15, 0.2) is 53.0 Å². The topological polar surface area (TPSA) is 0 Å². The van der Waals surface area contributed by atoms with Gasteiger partial charge in [-0.15, -0.1) is 0 Å². The molecular formula is C15H15Br. The summed E-state index contributed by atoms with van der Waals surface area (Å²) in [6, 6.07) is 17.2. The van der Waals surface area contributed by atoms with E-state index in [1.54, 1.807) is 0 Å². The molecule has 2 aromatic rings. The summed E-state index contributed by atoms with van der Waals surface area (Å²) in [6.07, 6.45) is 2.22. The normalized spacial score (nSPS) is 10.4. The molecule has 0 saturated carbocycles. The Morgan fingerprint density at radius 1 is 0.875 bits per heavy atom. The Labute approximate surface area is 105 Å². The van der Waals surface area contributed by atoms with Crippen molar-refractivity contribution in [3.05, 3.63) is 69.7 Å². The molecule has 0 aromatic heterocycles. The van der Waals surface area contributed by atoms with Crippen molar-refractivity contribution in [3.8, 4) is 0 Å². The van der Waals surface area contributed by atoms with Crippen LogP contribution in [0, 0.1) is 6.92 Å². The second-order valence-corrected chi connectivity index (χ2v) is 4.92. The molecule has 0 bridgehead atoms. The summed E-state index contributed by atoms with van der Waals surface area (Å²) in [4.78, 5) is 0. The zero-order chi connectivity index (χ0) is 11.4. The molecule has 2 aromatic carbocycles. The van der Waals surface area contributed by atoms with Gasteiger partial charge in [-0.3, -0.25) is 0 Å². The van der Waals surface area contributed by atoms with Gasteiger partial charge in [0.1, 0.15) is 0 Å². The van der Waals surface area contributed by atoms with Gasteiger partial charge >= 0.3 is 0 Å². The molecule has 0 aliphatic heterocycles. The molecule has 0 nitrogen and oxygen atoms in total. The third-order valence-corrected chi connectivity index (χ3v) is 3.66. The second kappa shape index (κ2) is 5.31. The van der Waals surface area contributed by atoms with E-state index < -0.39 is 0 Å². The van der Waals surface area contributed by atoms with Gasteiger partial charge in [0.05, 0.1) is 0 Å². The van der Waals surface area contributed by atoms with E-state index in [0.717, 1.165) is 12.8 Å². The molecule has 16 heavy (non-hydrogen) atoms. The van der Waals surface area contributed by atoms with E-state index in [2.05, 4.69) is 71.4 Å². The van der Waals surface area contributed by atoms with Crippen molar-refractivity contribution >= 4 is 15.9 Å². The zero-order valence-corrected chi connectivity index (χ0v) is 11.0. The number of hydrogen-bond donors (Lipinski definition) is 0. The monoisotopic (exact) mass is 274 g/mol. The molecule has 0 aliphatic rings. The van der Waals surface area contributed by atoms with Gasteiger partial charge in [-0.05, 0) is 42.5 Å². The van der Waals surface area contributed by atoms with E-state index in [1.165, 1.54) is 21.2 Å². The van der Waals surface area contributed by atoms with Gasteiger partial charge < -0.3 is 0 Å². The fourth-order valence-corrected chi connectivity index (χ4v) is 2.04. The molecule has 0 aliphatic carbocycles. The summed E-state index contributed by atoms with van der Waals surface area (Å²) in [7, 11) is 0. The highest BCUT2D eigenvalue weighted by Gasteiger charge is 1.98. The van der Waals surface area contributed by atoms with Crippen molar-refractivity contribution in [3.63, 3.8) is 0 Å². The molecule has 0 fully saturated rings. The smallest absolute Gasteiger partial charge is 0.0204 e. The van der Waals surface area contributed by atoms with Crippen molar-refractivity contribution in [1.29, 1.82) is 0 Å². The Morgan fingerprint density at radius 2 is 1.56 bits per heavy atom. The SMILES string of the molecule is Cc1cc(CCc2ccccc2)ccc1Br. The fourth-order valence-electron chi connectivity index (χ4n) is 1.80. The minimum absolute atomic E-state index is 1.11. The quantitative estimate of drug-likeness (QED) is 0.771. The third kappa shape index (κ3) is 2.96. The van der Waals surface area contributed by atoms with E-state index in [0.29, 0.717) is 0 Å². The first kappa shape index (κ1) is 11.4. The number of hydrogen-bond acceptors (Lipinski definition) is 0. The molecule has 0 spiro atoms. The first-order valence-electron chi connectivity index (χ1n) is 5.54. The van der Waals surface area contributed by atoms with Crippen LogP contribution >= 0.6 is 15.9 Å². The molecule has 0 N–H and O–H groups in total. The summed E-state index contributed by atoms with van der Waals surface area (Å²) in [5.74, 6) is 0. The van der Waals surface area contributed by atoms with Crippen molar-refractivity contribution < 1.29 is 0 Å². The van der Waals surface area contributed by atoms with Gasteiger partial charge in [-0.25, -0.2) is 0 Å². The van der Waals surface area contributed by atoms with E-state index in [9.17, 15) is 0 Å². The van der Waals surface area contributed by atoms with Crippen LogP contribution in [0.25, 0.3) is 0 Å². The molecule has 2 rings (SSSR count). The minimum Gasteiger partial charge on any atom is -0.0622 e. The first-order chi connectivity index (χ1) is 7.75. The Balaban J connectivity index is 2.03. The molecule has 1 heteroatoms. The van der Waals surface area contributed by atoms with Crippen LogP contribution in [-0.2, 0) is 12.8 Å². The van der Waals surface area contributed by atoms with E-state index >= 15 is 0 Å². The molecule has 82 valence electrons. The van der Waals surface area contributed by atoms with E-state index in [1.807, 2.05) is 0 Å². The maximum atomic E-state index is 3.53. The van der Waals surface area contributed by atoms with Gasteiger partial charge in [0.25, 0.3) is 0 Å². The first-order valence-corrected chi connectivity index (χ1v) is 6.34. The molecule has 0 radical (unpaired) electrons. The van der Waals surface area contributed by atoms with E-state index in [4.69, 9.17) is 0 Å². The average Bonchev–Trinajstić information content (AvgIpc) is 2.32. The van der Waals surface area contributed by atoms with Crippen molar-refractivity contribution in [2.45, 2.75) is 19.8 Å². The highest BCUT2D eigenvalue weighted by molar-refractivity contribution is 9.10. The molecule has 0 amide bonds. The fraction of sp³-hybridized carbons (Fsp3) is 0.200. The molecular weight excluding hydrogens is 260 g/mol. The summed E-state index contributed by atoms with van der Waals surface area (Å²) in [6.45, 7) is 2.14. The number of aryl methyl sites for hydroxylation is 3. The van der Waals surface area contributed by atoms with Crippen LogP contribution in [0.5, 0.6) is 0 Å². The van der Waals surface area contributed by atoms with Gasteiger partial charge in [-0.2, -0.15) is 0 Å². The van der Waals surface area contributed by atoms with Crippen molar-refractivity contribution in [2.24, 2.45) is 0 Å². The Bertz CT molecular complexity index is 460. The van der Waals surface area contributed by atoms with Crippen molar-refractivity contribution in [2.75, 3.05) is 0 Å². The molecule has 0 saturated heterocycles. The largest absolute Gasteiger partial charge is 0.0622 e. The Morgan fingerprint density at radius 3 is 2.25 bits per heavy atom. The number of rotatable bonds is 3. The molecule has 0 atom stereocenters. The number of halogens is 1. The summed E-state index contributed by atoms with van der Waals surface area (Å²) < 4.78 is 1.19. The highest BCUT2D eigenvalue weighted by Crippen LogP contribution is 2.18. The van der Waals surface area contributed by atoms with Gasteiger partial charge in [-0.1, -0.05) is 58.4 Å². The lowest BCUT2D eigenvalue weighted by molar-refractivity contribution is 0.957. The van der Waals surface area contributed by atoms with Crippen LogP contribution < -0.4 is 0 Å². The highest BCUT2D eigenvalue weighted by atomic mass is 79.9. The molecule has 0 unspecified atom stereocenters. The number of benzene rings is 2. The standard InChI is InChI=1S/C15H15Br/c1-12-11-14(9-10-15(12)16)8-7-13-5-3-2-4-6-13/h2-6,9-11H,7-8H2,1H3. The van der Waals surface area contributed by atoms with Gasteiger partial charge in [0.2, 0.25) is 0 Å². The summed E-state index contributed by atoms with van der Waals surface area (Å²) in [5, 5.41) is 0. The third-order valence-electron chi connectivity index (χ3n) is 2.77. The van der Waals surface area contributed by atoms with Crippen LogP contribution in [0.2, 0.25) is 0 Å². The minimum atomic E-state index is 1.11. The summed E-state index contributed by atoms with van der Waals surface area (Å²) >= 11 is 3.53. The summed E-state index contributed by atoms with van der Waals surface area (Å²) in [5.41, 5.74) is 4.12. The second-order valence-electron chi connectivity index (χ2n) is 4.07. The van der Waals surface area contributed by atoms with Crippen LogP contribution in [0.4, 0.5) is 0 Å². The van der Waals surface area contributed by atoms with Crippen LogP contribution in [0.1, 0.15) is 16.7 Å². The Hall–Kier alpha value is -1.08. The van der Waals surface area contributed by atoms with Crippen LogP contribution in [-0.4, -0.2) is 0 Å². The average molecular weight is 275 g/mol. The molecule has 0 heterocycles. The van der Waals surface area contributed by atoms with Crippen molar-refractivity contribution in [1.82, 2.24) is 0 Å². The predicted octanol–water partition coefficient (Wildman–Crippen LogP) is 4.54. The predicted molar refractivity (Wildman–Crippen MR) is 72.7 cm³/mol. The van der Waals surface area contributed by atoms with Crippen LogP contribution in [0.3, 0.4) is 0 Å². The van der Waals surface area contributed by atoms with Gasteiger partial charge in [0, 0.05) is 4.47 Å². The maximum absolute atomic E-state index is 3.53. The zero-order valence-electron chi connectivity index (χ0n) is 9.41. The van der Waals surface area contributed by atoms with E-state index in [-0.39, 0.29) is 0 Å². The lowest BCUT2D eigenvalue weighted by atomic mass is 10.0. The maximum Gasteiger partial charge on any atom is 0.0204 e. The lowest BCUT2D eigenvalue weighted by Gasteiger charge is -2.04. The Kier molecular flexibility index (Phi) is 3.79.